The molecule has 0 aliphatic carbocycles. The summed E-state index contributed by atoms with van der Waals surface area (Å²) in [4.78, 5) is 22.7. The Labute approximate surface area is 277 Å². The fourth-order valence-electron chi connectivity index (χ4n) is 5.40. The van der Waals surface area contributed by atoms with Crippen LogP contribution in [0.25, 0.3) is 6.08 Å². The van der Waals surface area contributed by atoms with Crippen molar-refractivity contribution in [3.05, 3.63) is 53.3 Å². The van der Waals surface area contributed by atoms with Crippen LogP contribution >= 0.6 is 0 Å². The second kappa shape index (κ2) is 15.1. The molecule has 0 aromatic heterocycles. The molecule has 2 aromatic carbocycles. The van der Waals surface area contributed by atoms with E-state index in [0.29, 0.717) is 5.56 Å². The third-order valence-corrected chi connectivity index (χ3v) is 8.10. The highest BCUT2D eigenvalue weighted by atomic mass is 16.7. The molecule has 11 atom stereocenters. The number of ether oxygens (including phenoxy) is 6. The quantitative estimate of drug-likeness (QED) is 0.0884. The highest BCUT2D eigenvalue weighted by molar-refractivity contribution is 5.76. The summed E-state index contributed by atoms with van der Waals surface area (Å²) in [6, 6.07) is 8.17. The number of aliphatic carboxylic acids is 1. The topological polar surface area (TPSA) is 295 Å². The zero-order valence-electron chi connectivity index (χ0n) is 25.5. The standard InChI is InChI=1S/C31H36O18/c32-10-19-23(38)25(40)27(42)30(48-19)46-17-8-14(34)7-16-15(17)9-18(29(45-16)12-1-3-13(33)4-2-12)47-31-28(43)26(41)24(39)20(49-31)11-44-22(37)6-5-21(35)36/h1-4,7-9,19-20,23-34,38-43H,5-6,10-11H2,(H,35,36)/p+1/t19-,20+,23+,24+,25-,26-,27+,28+,29?,30+,31+/m0/s1. The minimum absolute atomic E-state index is 0.0626. The number of aliphatic hydroxyl groups excluding tert-OH is 7. The van der Waals surface area contributed by atoms with Crippen molar-refractivity contribution < 1.29 is 89.1 Å². The Morgan fingerprint density at radius 2 is 1.37 bits per heavy atom. The monoisotopic (exact) mass is 697 g/mol. The maximum absolute atomic E-state index is 12.0. The largest absolute Gasteiger partial charge is 0.571 e. The molecule has 0 radical (unpaired) electrons. The summed E-state index contributed by atoms with van der Waals surface area (Å²) in [5.41, 5.74) is 0.554. The summed E-state index contributed by atoms with van der Waals surface area (Å²) in [6.07, 6.45) is -17.4. The van der Waals surface area contributed by atoms with Crippen LogP contribution in [0.5, 0.6) is 23.0 Å². The molecule has 3 aliphatic rings. The first-order valence-corrected chi connectivity index (χ1v) is 15.1. The van der Waals surface area contributed by atoms with Crippen molar-refractivity contribution in [1.29, 1.82) is 0 Å². The van der Waals surface area contributed by atoms with Gasteiger partial charge in [-0.05, 0) is 24.3 Å². The highest BCUT2D eigenvalue weighted by Gasteiger charge is 2.48. The van der Waals surface area contributed by atoms with Gasteiger partial charge in [-0.3, -0.25) is 9.59 Å². The number of carbonyl (C=O) groups excluding carboxylic acids is 1. The van der Waals surface area contributed by atoms with Crippen molar-refractivity contribution in [1.82, 2.24) is 0 Å². The first-order valence-electron chi connectivity index (χ1n) is 15.1. The van der Waals surface area contributed by atoms with Crippen molar-refractivity contribution >= 4 is 18.0 Å². The highest BCUT2D eigenvalue weighted by Crippen LogP contribution is 2.46. The van der Waals surface area contributed by atoms with Crippen LogP contribution in [0.3, 0.4) is 0 Å². The molecule has 2 aromatic rings. The fourth-order valence-corrected chi connectivity index (χ4v) is 5.40. The predicted molar refractivity (Wildman–Crippen MR) is 159 cm³/mol. The summed E-state index contributed by atoms with van der Waals surface area (Å²) in [6.45, 7) is -1.36. The number of benzene rings is 2. The molecule has 1 unspecified atom stereocenters. The van der Waals surface area contributed by atoms with Gasteiger partial charge < -0.3 is 79.5 Å². The molecule has 0 spiro atoms. The van der Waals surface area contributed by atoms with E-state index in [1.165, 1.54) is 36.4 Å². The lowest BCUT2D eigenvalue weighted by Crippen LogP contribution is -2.60. The molecule has 268 valence electrons. The molecule has 18 nitrogen and oxygen atoms in total. The first kappa shape index (κ1) is 36.1. The molecule has 49 heavy (non-hydrogen) atoms. The minimum atomic E-state index is -1.86. The van der Waals surface area contributed by atoms with Gasteiger partial charge in [-0.1, -0.05) is 0 Å². The van der Waals surface area contributed by atoms with Gasteiger partial charge in [-0.25, -0.2) is 0 Å². The average Bonchev–Trinajstić information content (AvgIpc) is 3.07. The van der Waals surface area contributed by atoms with Gasteiger partial charge >= 0.3 is 11.9 Å². The number of aliphatic hydroxyl groups is 8. The van der Waals surface area contributed by atoms with Gasteiger partial charge in [-0.2, -0.15) is 0 Å². The Hall–Kier alpha value is -4.24. The van der Waals surface area contributed by atoms with Crippen molar-refractivity contribution in [2.45, 2.75) is 80.4 Å². The number of carbonyl (C=O) groups is 2. The third-order valence-electron chi connectivity index (χ3n) is 8.10. The first-order chi connectivity index (χ1) is 23.3. The van der Waals surface area contributed by atoms with Gasteiger partial charge in [0.15, 0.2) is 5.76 Å². The van der Waals surface area contributed by atoms with E-state index in [1.54, 1.807) is 0 Å². The van der Waals surface area contributed by atoms with Crippen LogP contribution in [0, 0.1) is 0 Å². The molecular formula is C31H37O18+. The van der Waals surface area contributed by atoms with E-state index in [9.17, 15) is 55.5 Å². The van der Waals surface area contributed by atoms with Crippen molar-refractivity contribution in [2.75, 3.05) is 13.2 Å². The summed E-state index contributed by atoms with van der Waals surface area (Å²) in [5, 5.41) is 102. The van der Waals surface area contributed by atoms with E-state index >= 15 is 0 Å². The molecular weight excluding hydrogens is 660 g/mol. The Bertz CT molecular complexity index is 1510. The number of rotatable bonds is 11. The molecule has 3 aliphatic heterocycles. The molecule has 2 fully saturated rings. The van der Waals surface area contributed by atoms with Crippen LogP contribution in [0.1, 0.15) is 30.1 Å². The van der Waals surface area contributed by atoms with Crippen LogP contribution in [-0.2, 0) is 28.5 Å². The van der Waals surface area contributed by atoms with Crippen molar-refractivity contribution in [2.24, 2.45) is 0 Å². The van der Waals surface area contributed by atoms with Gasteiger partial charge in [-0.15, -0.1) is 0 Å². The van der Waals surface area contributed by atoms with Gasteiger partial charge in [0.05, 0.1) is 31.1 Å². The average molecular weight is 698 g/mol. The smallest absolute Gasteiger partial charge is 0.306 e. The molecule has 0 amide bonds. The second-order valence-electron chi connectivity index (χ2n) is 11.6. The minimum Gasteiger partial charge on any atom is -0.571 e. The Morgan fingerprint density at radius 3 is 2.00 bits per heavy atom. The number of carboxylic acids is 1. The van der Waals surface area contributed by atoms with Gasteiger partial charge in [0.25, 0.3) is 11.9 Å². The summed E-state index contributed by atoms with van der Waals surface area (Å²) < 4.78 is 32.6. The molecule has 18 heteroatoms. The maximum atomic E-state index is 12.0. The van der Waals surface area contributed by atoms with Crippen LogP contribution in [0.15, 0.2) is 42.2 Å². The number of fused-ring (bicyclic) bond motifs is 1. The van der Waals surface area contributed by atoms with E-state index in [-0.39, 0.29) is 34.3 Å². The van der Waals surface area contributed by atoms with Crippen LogP contribution in [0.2, 0.25) is 0 Å². The lowest BCUT2D eigenvalue weighted by Gasteiger charge is -2.41. The van der Waals surface area contributed by atoms with E-state index in [4.69, 9.17) is 28.8 Å². The van der Waals surface area contributed by atoms with Crippen LogP contribution in [0.4, 0.5) is 0 Å². The number of aromatic hydroxyl groups is 3. The third kappa shape index (κ3) is 7.99. The maximum Gasteiger partial charge on any atom is 0.306 e. The fraction of sp³-hybridized carbons (Fsp3) is 0.484. The Kier molecular flexibility index (Phi) is 11.1. The SMILES string of the molecule is O=C(O)CCC(=O)OC[C@H]1O[C@@H](OC2=Cc3c(O[C@@H]4O[C@@H](CO)[C@@H](O)[C@H](O)[C@H]4O)cc(O)cc3[OH+]C2c2ccc(O)cc2)[C@H](O)[C@@H](O)[C@@H]1O. The van der Waals surface area contributed by atoms with Gasteiger partial charge in [0.2, 0.25) is 12.6 Å². The summed E-state index contributed by atoms with van der Waals surface area (Å²) in [5.74, 6) is -2.66. The zero-order chi connectivity index (χ0) is 35.6. The molecule has 0 saturated carbocycles. The number of hydrogen-bond acceptors (Lipinski definition) is 16. The number of phenols is 2. The Morgan fingerprint density at radius 1 is 0.755 bits per heavy atom. The number of esters is 1. The molecule has 0 bridgehead atoms. The molecule has 3 heterocycles. The van der Waals surface area contributed by atoms with E-state index < -0.39 is 106 Å². The summed E-state index contributed by atoms with van der Waals surface area (Å²) in [7, 11) is 0. The van der Waals surface area contributed by atoms with E-state index in [1.807, 2.05) is 0 Å². The van der Waals surface area contributed by atoms with Crippen LogP contribution < -0.4 is 4.74 Å². The number of phenolic OH excluding ortho intramolecular Hbond substituents is 2. The normalized spacial score (nSPS) is 32.6. The zero-order valence-corrected chi connectivity index (χ0v) is 25.5. The Balaban J connectivity index is 1.45. The molecule has 11 N–H and O–H groups in total. The molecule has 5 rings (SSSR count). The second-order valence-corrected chi connectivity index (χ2v) is 11.6. The van der Waals surface area contributed by atoms with Crippen molar-refractivity contribution in [3.8, 4) is 23.0 Å². The van der Waals surface area contributed by atoms with Gasteiger partial charge in [0, 0.05) is 12.1 Å². The lowest BCUT2D eigenvalue weighted by molar-refractivity contribution is -0.296. The predicted octanol–water partition coefficient (Wildman–Crippen LogP) is -2.15. The lowest BCUT2D eigenvalue weighted by atomic mass is 9.98. The van der Waals surface area contributed by atoms with E-state index in [0.717, 1.165) is 6.07 Å². The van der Waals surface area contributed by atoms with E-state index in [2.05, 4.69) is 4.74 Å². The molecule has 2 saturated heterocycles. The number of carboxylic acid groups (broad SMARTS) is 1. The number of hydrogen-bond donors (Lipinski definition) is 10. The van der Waals surface area contributed by atoms with Gasteiger partial charge in [0.1, 0.15) is 78.3 Å². The van der Waals surface area contributed by atoms with Crippen LogP contribution in [-0.4, -0.2) is 142 Å². The summed E-state index contributed by atoms with van der Waals surface area (Å²) >= 11 is 0. The van der Waals surface area contributed by atoms with Crippen molar-refractivity contribution in [3.63, 3.8) is 0 Å².